The van der Waals surface area contributed by atoms with Crippen molar-refractivity contribution in [1.82, 2.24) is 10.2 Å². The van der Waals surface area contributed by atoms with Crippen LogP contribution in [-0.2, 0) is 20.7 Å². The number of benzene rings is 2. The molecule has 0 radical (unpaired) electrons. The van der Waals surface area contributed by atoms with Crippen molar-refractivity contribution < 1.29 is 42.1 Å². The number of amides is 2. The van der Waals surface area contributed by atoms with E-state index in [4.69, 9.17) is 4.74 Å². The molecule has 2 aromatic rings. The van der Waals surface area contributed by atoms with E-state index in [1.54, 1.807) is 12.1 Å². The van der Waals surface area contributed by atoms with Crippen LogP contribution in [0.15, 0.2) is 48.5 Å². The topological polar surface area (TPSA) is 105 Å². The van der Waals surface area contributed by atoms with Gasteiger partial charge in [-0.15, -0.1) is 13.2 Å². The number of likely N-dealkylation sites (tertiary alicyclic amines) is 1. The molecule has 0 spiro atoms. The lowest BCUT2D eigenvalue weighted by Crippen LogP contribution is -2.53. The first kappa shape index (κ1) is 23.6. The summed E-state index contributed by atoms with van der Waals surface area (Å²) in [4.78, 5) is 39.9. The molecule has 2 N–H and O–H groups in total. The van der Waals surface area contributed by atoms with Gasteiger partial charge in [0.15, 0.2) is 5.78 Å². The third-order valence-electron chi connectivity index (χ3n) is 5.72. The summed E-state index contributed by atoms with van der Waals surface area (Å²) in [5.41, 5.74) is 0.674. The fourth-order valence-electron chi connectivity index (χ4n) is 4.16. The van der Waals surface area contributed by atoms with Gasteiger partial charge in [0.25, 0.3) is 5.91 Å². The van der Waals surface area contributed by atoms with E-state index in [0.717, 1.165) is 24.3 Å². The Balaban J connectivity index is 1.53. The molecule has 2 amide bonds. The summed E-state index contributed by atoms with van der Waals surface area (Å²) in [5, 5.41) is 12.1. The molecule has 2 aliphatic rings. The summed E-state index contributed by atoms with van der Waals surface area (Å²) in [6.45, 7) is 0.228. The van der Waals surface area contributed by atoms with Crippen molar-refractivity contribution in [2.75, 3.05) is 13.2 Å². The maximum absolute atomic E-state index is 13.4. The van der Waals surface area contributed by atoms with Gasteiger partial charge >= 0.3 is 6.36 Å². The summed E-state index contributed by atoms with van der Waals surface area (Å²) < 4.78 is 46.3. The lowest BCUT2D eigenvalue weighted by Gasteiger charge is -2.27. The van der Waals surface area contributed by atoms with Gasteiger partial charge in [0.05, 0.1) is 6.10 Å². The van der Waals surface area contributed by atoms with Crippen molar-refractivity contribution in [2.45, 2.75) is 37.4 Å². The van der Waals surface area contributed by atoms with Gasteiger partial charge in [-0.05, 0) is 48.4 Å². The van der Waals surface area contributed by atoms with Crippen LogP contribution in [0, 0.1) is 0 Å². The van der Waals surface area contributed by atoms with Gasteiger partial charge in [-0.1, -0.05) is 12.1 Å². The van der Waals surface area contributed by atoms with Crippen LogP contribution in [0.1, 0.15) is 22.3 Å². The average molecular weight is 478 g/mol. The molecule has 2 saturated heterocycles. The van der Waals surface area contributed by atoms with Gasteiger partial charge in [0.1, 0.15) is 30.2 Å². The minimum absolute atomic E-state index is 0.0256. The Labute approximate surface area is 192 Å². The van der Waals surface area contributed by atoms with Crippen LogP contribution in [-0.4, -0.2) is 65.3 Å². The summed E-state index contributed by atoms with van der Waals surface area (Å²) in [6.07, 6.45) is -4.66. The van der Waals surface area contributed by atoms with Gasteiger partial charge in [0.2, 0.25) is 5.91 Å². The molecule has 2 heterocycles. The van der Waals surface area contributed by atoms with Gasteiger partial charge < -0.3 is 24.8 Å². The summed E-state index contributed by atoms with van der Waals surface area (Å²) in [7, 11) is 0. The van der Waals surface area contributed by atoms with Crippen LogP contribution < -0.4 is 10.1 Å². The molecule has 0 unspecified atom stereocenters. The zero-order valence-electron chi connectivity index (χ0n) is 17.7. The Bertz CT molecular complexity index is 1070. The van der Waals surface area contributed by atoms with Crippen LogP contribution in [0.25, 0.3) is 0 Å². The number of carbonyl (C=O) groups is 3. The molecule has 0 aromatic heterocycles. The van der Waals surface area contributed by atoms with Crippen LogP contribution >= 0.6 is 0 Å². The van der Waals surface area contributed by atoms with Gasteiger partial charge in [-0.3, -0.25) is 14.4 Å². The number of ether oxygens (including phenoxy) is 2. The third-order valence-corrected chi connectivity index (χ3v) is 5.72. The van der Waals surface area contributed by atoms with E-state index in [1.165, 1.54) is 17.0 Å². The summed E-state index contributed by atoms with van der Waals surface area (Å²) >= 11 is 0. The van der Waals surface area contributed by atoms with E-state index in [0.29, 0.717) is 18.5 Å². The average Bonchev–Trinajstić information content (AvgIpc) is 3.36. The number of ketones is 1. The number of carbonyl (C=O) groups excluding carboxylic acids is 3. The molecular weight excluding hydrogens is 457 g/mol. The Morgan fingerprint density at radius 3 is 2.47 bits per heavy atom. The highest BCUT2D eigenvalue weighted by Crippen LogP contribution is 2.28. The standard InChI is InChI=1S/C23H21F3N2O6/c24-23(25,26)34-16-7-3-14(4-8-16)21(31)27-17(11-13-1-5-15(29)6-2-13)22(32)28-10-9-19-20(28)18(30)12-33-19/h1-8,17,19-20,29H,9-12H2,(H,27,31)/t17-,19+,20+/m0/s1. The number of rotatable bonds is 6. The van der Waals surface area contributed by atoms with Crippen LogP contribution in [0.4, 0.5) is 13.2 Å². The fourth-order valence-corrected chi connectivity index (χ4v) is 4.16. The highest BCUT2D eigenvalue weighted by Gasteiger charge is 2.48. The van der Waals surface area contributed by atoms with Crippen LogP contribution in [0.3, 0.4) is 0 Å². The number of Topliss-reactive ketones (excluding diaryl/α,β-unsaturated/α-hetero) is 1. The second-order valence-electron chi connectivity index (χ2n) is 8.05. The maximum Gasteiger partial charge on any atom is 0.573 e. The number of hydrogen-bond acceptors (Lipinski definition) is 6. The lowest BCUT2D eigenvalue weighted by molar-refractivity contribution is -0.274. The first-order chi connectivity index (χ1) is 16.1. The Morgan fingerprint density at radius 2 is 1.82 bits per heavy atom. The molecule has 34 heavy (non-hydrogen) atoms. The number of phenolic OH excluding ortho intramolecular Hbond substituents is 1. The number of fused-ring (bicyclic) bond motifs is 1. The minimum Gasteiger partial charge on any atom is -0.508 e. The second kappa shape index (κ2) is 9.34. The van der Waals surface area contributed by atoms with E-state index in [1.807, 2.05) is 0 Å². The Hall–Kier alpha value is -3.60. The molecule has 2 aromatic carbocycles. The monoisotopic (exact) mass is 478 g/mol. The number of halogens is 3. The van der Waals surface area contributed by atoms with Gasteiger partial charge in [-0.2, -0.15) is 0 Å². The molecule has 0 aliphatic carbocycles. The normalized spacial score (nSPS) is 20.7. The van der Waals surface area contributed by atoms with E-state index < -0.39 is 36.0 Å². The van der Waals surface area contributed by atoms with E-state index in [-0.39, 0.29) is 36.2 Å². The zero-order valence-corrected chi connectivity index (χ0v) is 17.7. The number of nitrogens with one attached hydrogen (secondary N) is 1. The number of nitrogens with zero attached hydrogens (tertiary/aromatic N) is 1. The highest BCUT2D eigenvalue weighted by atomic mass is 19.4. The van der Waals surface area contributed by atoms with Crippen molar-refractivity contribution in [2.24, 2.45) is 0 Å². The molecular formula is C23H21F3N2O6. The molecule has 2 fully saturated rings. The molecule has 11 heteroatoms. The minimum atomic E-state index is -4.86. The van der Waals surface area contributed by atoms with Crippen molar-refractivity contribution in [3.8, 4) is 11.5 Å². The van der Waals surface area contributed by atoms with Crippen molar-refractivity contribution in [3.05, 3.63) is 59.7 Å². The largest absolute Gasteiger partial charge is 0.573 e. The molecule has 8 nitrogen and oxygen atoms in total. The maximum atomic E-state index is 13.4. The Morgan fingerprint density at radius 1 is 1.15 bits per heavy atom. The van der Waals surface area contributed by atoms with E-state index >= 15 is 0 Å². The van der Waals surface area contributed by atoms with Gasteiger partial charge in [-0.25, -0.2) is 0 Å². The second-order valence-corrected chi connectivity index (χ2v) is 8.05. The SMILES string of the molecule is O=C(N[C@@H](Cc1ccc(O)cc1)C(=O)N1CC[C@H]2OCC(=O)[C@H]21)c1ccc(OC(F)(F)F)cc1. The van der Waals surface area contributed by atoms with E-state index in [2.05, 4.69) is 10.1 Å². The van der Waals surface area contributed by atoms with Crippen LogP contribution in [0.2, 0.25) is 0 Å². The molecule has 0 bridgehead atoms. The molecule has 0 saturated carbocycles. The summed E-state index contributed by atoms with van der Waals surface area (Å²) in [6, 6.07) is 8.62. The van der Waals surface area contributed by atoms with Crippen LogP contribution in [0.5, 0.6) is 11.5 Å². The van der Waals surface area contributed by atoms with Crippen molar-refractivity contribution in [3.63, 3.8) is 0 Å². The molecule has 3 atom stereocenters. The first-order valence-electron chi connectivity index (χ1n) is 10.5. The summed E-state index contributed by atoms with van der Waals surface area (Å²) in [5.74, 6) is -1.80. The predicted molar refractivity (Wildman–Crippen MR) is 111 cm³/mol. The third kappa shape index (κ3) is 5.30. The first-order valence-corrected chi connectivity index (χ1v) is 10.5. The predicted octanol–water partition coefficient (Wildman–Crippen LogP) is 2.20. The Kier molecular flexibility index (Phi) is 6.47. The smallest absolute Gasteiger partial charge is 0.508 e. The van der Waals surface area contributed by atoms with E-state index in [9.17, 15) is 32.7 Å². The zero-order chi connectivity index (χ0) is 24.5. The number of phenols is 1. The van der Waals surface area contributed by atoms with Crippen molar-refractivity contribution in [1.29, 1.82) is 0 Å². The quantitative estimate of drug-likeness (QED) is 0.660. The lowest BCUT2D eigenvalue weighted by atomic mass is 10.0. The fraction of sp³-hybridized carbons (Fsp3) is 0.348. The number of aromatic hydroxyl groups is 1. The molecule has 180 valence electrons. The molecule has 4 rings (SSSR count). The molecule has 2 aliphatic heterocycles. The van der Waals surface area contributed by atoms with Gasteiger partial charge in [0, 0.05) is 18.5 Å². The number of alkyl halides is 3. The number of hydrogen-bond donors (Lipinski definition) is 2. The highest BCUT2D eigenvalue weighted by molar-refractivity contribution is 5.99. The van der Waals surface area contributed by atoms with Crippen molar-refractivity contribution >= 4 is 17.6 Å².